The van der Waals surface area contributed by atoms with Crippen molar-refractivity contribution in [1.82, 2.24) is 30.2 Å². The summed E-state index contributed by atoms with van der Waals surface area (Å²) in [6.07, 6.45) is 7.28. The van der Waals surface area contributed by atoms with Crippen molar-refractivity contribution < 1.29 is 19.4 Å². The van der Waals surface area contributed by atoms with E-state index in [-0.39, 0.29) is 18.6 Å². The topological polar surface area (TPSA) is 123 Å². The zero-order chi connectivity index (χ0) is 31.9. The quantitative estimate of drug-likeness (QED) is 0.190. The first-order valence-electron chi connectivity index (χ1n) is 14.8. The maximum absolute atomic E-state index is 11.5. The van der Waals surface area contributed by atoms with Gasteiger partial charge in [-0.25, -0.2) is 9.97 Å². The number of nitrogens with zero attached hydrogens (tertiary/aromatic N) is 5. The van der Waals surface area contributed by atoms with Crippen molar-refractivity contribution >= 4 is 29.1 Å². The summed E-state index contributed by atoms with van der Waals surface area (Å²) >= 11 is 14.0. The Labute approximate surface area is 272 Å². The Morgan fingerprint density at radius 1 is 0.911 bits per heavy atom. The Morgan fingerprint density at radius 3 is 2.00 bits per heavy atom. The number of nitrogens with one attached hydrogen (secondary N) is 1. The molecule has 0 radical (unpaired) electrons. The highest BCUT2D eigenvalue weighted by Crippen LogP contribution is 2.42. The third-order valence-electron chi connectivity index (χ3n) is 7.80. The molecule has 1 fully saturated rings. The van der Waals surface area contributed by atoms with Gasteiger partial charge >= 0.3 is 0 Å². The van der Waals surface area contributed by atoms with Crippen LogP contribution < -0.4 is 14.8 Å². The molecule has 0 aliphatic carbocycles. The average Bonchev–Trinajstić information content (AvgIpc) is 3.46. The maximum atomic E-state index is 11.5. The van der Waals surface area contributed by atoms with Gasteiger partial charge in [0.05, 0.1) is 54.7 Å². The van der Waals surface area contributed by atoms with Gasteiger partial charge in [-0.3, -0.25) is 19.7 Å². The van der Waals surface area contributed by atoms with Gasteiger partial charge in [0.15, 0.2) is 0 Å². The zero-order valence-corrected chi connectivity index (χ0v) is 27.0. The Kier molecular flexibility index (Phi) is 10.8. The number of likely N-dealkylation sites (N-methyl/N-ethyl adjacent to an activating group) is 1. The number of aliphatic hydroxyl groups excluding tert-OH is 1. The van der Waals surface area contributed by atoms with Gasteiger partial charge in [0, 0.05) is 47.8 Å². The summed E-state index contributed by atoms with van der Waals surface area (Å²) in [5, 5.41) is 13.2. The average molecular weight is 652 g/mol. The van der Waals surface area contributed by atoms with Crippen LogP contribution >= 0.6 is 23.2 Å². The summed E-state index contributed by atoms with van der Waals surface area (Å²) in [6, 6.07) is 11.6. The minimum absolute atomic E-state index is 0.0468. The molecule has 3 heterocycles. The van der Waals surface area contributed by atoms with E-state index in [4.69, 9.17) is 42.6 Å². The van der Waals surface area contributed by atoms with Crippen molar-refractivity contribution in [2.24, 2.45) is 0 Å². The Balaban J connectivity index is 1.40. The van der Waals surface area contributed by atoms with Crippen molar-refractivity contribution in [2.75, 3.05) is 34.4 Å². The fourth-order valence-corrected chi connectivity index (χ4v) is 6.10. The predicted octanol–water partition coefficient (Wildman–Crippen LogP) is 5.62. The van der Waals surface area contributed by atoms with E-state index >= 15 is 0 Å². The number of rotatable bonds is 13. The summed E-state index contributed by atoms with van der Waals surface area (Å²) < 4.78 is 11.1. The summed E-state index contributed by atoms with van der Waals surface area (Å²) in [5.74, 6) is 0.957. The van der Waals surface area contributed by atoms with E-state index < -0.39 is 0 Å². The number of methoxy groups -OCH3 is 2. The highest BCUT2D eigenvalue weighted by atomic mass is 35.5. The molecule has 0 unspecified atom stereocenters. The van der Waals surface area contributed by atoms with E-state index in [9.17, 15) is 9.90 Å². The predicted molar refractivity (Wildman–Crippen MR) is 175 cm³/mol. The molecule has 1 aliphatic heterocycles. The van der Waals surface area contributed by atoms with Gasteiger partial charge in [-0.15, -0.1) is 0 Å². The SMILES string of the molecule is COc1nc(-c2cccc(-c3cccc(-c4cnc(CN(C)CCO)c(OC)n4)c3Cl)c2Cl)cnc1CCC[C@@H]1CCC(=O)N1. The number of aromatic nitrogens is 4. The van der Waals surface area contributed by atoms with Gasteiger partial charge in [0.2, 0.25) is 17.7 Å². The van der Waals surface area contributed by atoms with Crippen LogP contribution in [0.25, 0.3) is 33.6 Å². The highest BCUT2D eigenvalue weighted by Gasteiger charge is 2.22. The molecule has 1 atom stereocenters. The number of carbonyl (C=O) groups excluding carboxylic acids is 1. The number of ether oxygens (including phenoxy) is 2. The lowest BCUT2D eigenvalue weighted by atomic mass is 9.98. The fourth-order valence-electron chi connectivity index (χ4n) is 5.45. The van der Waals surface area contributed by atoms with Crippen LogP contribution in [0.4, 0.5) is 0 Å². The van der Waals surface area contributed by atoms with Crippen molar-refractivity contribution in [1.29, 1.82) is 0 Å². The highest BCUT2D eigenvalue weighted by molar-refractivity contribution is 6.39. The van der Waals surface area contributed by atoms with Crippen LogP contribution in [-0.4, -0.2) is 76.3 Å². The largest absolute Gasteiger partial charge is 0.480 e. The maximum Gasteiger partial charge on any atom is 0.237 e. The third kappa shape index (κ3) is 7.53. The van der Waals surface area contributed by atoms with Gasteiger partial charge in [0.25, 0.3) is 0 Å². The normalized spacial score (nSPS) is 14.6. The molecule has 1 saturated heterocycles. The number of hydrogen-bond acceptors (Lipinski definition) is 9. The first kappa shape index (κ1) is 32.6. The van der Waals surface area contributed by atoms with Gasteiger partial charge < -0.3 is 19.9 Å². The molecule has 1 aliphatic rings. The zero-order valence-electron chi connectivity index (χ0n) is 25.5. The Morgan fingerprint density at radius 2 is 1.47 bits per heavy atom. The molecule has 4 aromatic rings. The first-order valence-corrected chi connectivity index (χ1v) is 15.5. The number of hydrogen-bond donors (Lipinski definition) is 2. The van der Waals surface area contributed by atoms with Crippen LogP contribution in [0.3, 0.4) is 0 Å². The van der Waals surface area contributed by atoms with Crippen LogP contribution in [-0.2, 0) is 17.8 Å². The summed E-state index contributed by atoms with van der Waals surface area (Å²) in [7, 11) is 5.02. The molecule has 0 saturated carbocycles. The first-order chi connectivity index (χ1) is 21.8. The lowest BCUT2D eigenvalue weighted by molar-refractivity contribution is -0.119. The molecule has 1 amide bonds. The van der Waals surface area contributed by atoms with Crippen LogP contribution in [0.5, 0.6) is 11.8 Å². The standard InChI is InChI=1S/C33H36Cl2N6O4/c1-41(15-16-42)19-28-33(45-3)40-27(18-37-28)24-11-6-9-22(31(24)35)21-8-5-10-23(30(21)34)26-17-36-25(32(39-26)44-2)12-4-7-20-13-14-29(43)38-20/h5-6,8-11,17-18,20,42H,4,7,12-16,19H2,1-3H3,(H,38,43)/t20-/m1/s1. The molecule has 45 heavy (non-hydrogen) atoms. The van der Waals surface area contributed by atoms with E-state index in [1.165, 1.54) is 0 Å². The lowest BCUT2D eigenvalue weighted by Crippen LogP contribution is -2.25. The number of carbonyl (C=O) groups is 1. The third-order valence-corrected chi connectivity index (χ3v) is 8.62. The fraction of sp³-hybridized carbons (Fsp3) is 0.364. The number of amides is 1. The van der Waals surface area contributed by atoms with E-state index in [1.807, 2.05) is 48.3 Å². The second-order valence-corrected chi connectivity index (χ2v) is 11.7. The molecule has 10 nitrogen and oxygen atoms in total. The molecular formula is C33H36Cl2N6O4. The second kappa shape index (κ2) is 15.0. The summed E-state index contributed by atoms with van der Waals surface area (Å²) in [6.45, 7) is 1.03. The molecule has 2 aromatic heterocycles. The molecule has 2 N–H and O–H groups in total. The smallest absolute Gasteiger partial charge is 0.237 e. The number of halogens is 2. The Bertz CT molecular complexity index is 1670. The Hall–Kier alpha value is -3.83. The number of aliphatic hydroxyl groups is 1. The minimum atomic E-state index is 0.0468. The van der Waals surface area contributed by atoms with E-state index in [0.717, 1.165) is 36.1 Å². The van der Waals surface area contributed by atoms with E-state index in [0.29, 0.717) is 75.9 Å². The van der Waals surface area contributed by atoms with Crippen molar-refractivity contribution in [2.45, 2.75) is 44.7 Å². The summed E-state index contributed by atoms with van der Waals surface area (Å²) in [4.78, 5) is 32.1. The molecule has 2 aromatic carbocycles. The van der Waals surface area contributed by atoms with Crippen LogP contribution in [0.1, 0.15) is 37.1 Å². The number of aryl methyl sites for hydroxylation is 1. The van der Waals surface area contributed by atoms with Crippen molar-refractivity contribution in [3.05, 3.63) is 70.2 Å². The number of benzene rings is 2. The lowest BCUT2D eigenvalue weighted by Gasteiger charge is -2.17. The molecule has 236 valence electrons. The van der Waals surface area contributed by atoms with Crippen LogP contribution in [0, 0.1) is 0 Å². The van der Waals surface area contributed by atoms with Gasteiger partial charge in [0.1, 0.15) is 11.4 Å². The van der Waals surface area contributed by atoms with Crippen molar-refractivity contribution in [3.8, 4) is 45.4 Å². The van der Waals surface area contributed by atoms with Crippen LogP contribution in [0.2, 0.25) is 10.0 Å². The van der Waals surface area contributed by atoms with E-state index in [1.54, 1.807) is 26.6 Å². The molecular weight excluding hydrogens is 615 g/mol. The molecule has 0 bridgehead atoms. The van der Waals surface area contributed by atoms with Gasteiger partial charge in [-0.05, 0) is 32.7 Å². The van der Waals surface area contributed by atoms with Gasteiger partial charge in [-0.2, -0.15) is 0 Å². The van der Waals surface area contributed by atoms with E-state index in [2.05, 4.69) is 15.3 Å². The van der Waals surface area contributed by atoms with Crippen LogP contribution in [0.15, 0.2) is 48.8 Å². The van der Waals surface area contributed by atoms with Gasteiger partial charge in [-0.1, -0.05) is 59.6 Å². The second-order valence-electron chi connectivity index (χ2n) is 10.9. The molecule has 12 heteroatoms. The monoisotopic (exact) mass is 650 g/mol. The minimum Gasteiger partial charge on any atom is -0.480 e. The molecule has 0 spiro atoms. The molecule has 5 rings (SSSR count). The van der Waals surface area contributed by atoms with Crippen molar-refractivity contribution in [3.63, 3.8) is 0 Å². The summed E-state index contributed by atoms with van der Waals surface area (Å²) in [5.41, 5.74) is 5.38.